The van der Waals surface area contributed by atoms with E-state index in [9.17, 15) is 9.59 Å². The van der Waals surface area contributed by atoms with Gasteiger partial charge in [0.1, 0.15) is 0 Å². The third kappa shape index (κ3) is 4.43. The Hall–Kier alpha value is -2.25. The summed E-state index contributed by atoms with van der Waals surface area (Å²) < 4.78 is 4.99. The first kappa shape index (κ1) is 17.6. The number of carbonyl (C=O) groups is 2. The number of hydrogen-bond acceptors (Lipinski definition) is 5. The van der Waals surface area contributed by atoms with Crippen molar-refractivity contribution in [3.05, 3.63) is 47.1 Å². The van der Waals surface area contributed by atoms with E-state index in [0.717, 1.165) is 10.5 Å². The molecule has 130 valence electrons. The van der Waals surface area contributed by atoms with Crippen LogP contribution in [0.3, 0.4) is 0 Å². The summed E-state index contributed by atoms with van der Waals surface area (Å²) >= 11 is 7.29. The average Bonchev–Trinajstić information content (AvgIpc) is 2.61. The fourth-order valence-electron chi connectivity index (χ4n) is 2.33. The highest BCUT2D eigenvalue weighted by molar-refractivity contribution is 8.01. The molecule has 25 heavy (non-hydrogen) atoms. The van der Waals surface area contributed by atoms with Gasteiger partial charge in [0.25, 0.3) is 0 Å². The van der Waals surface area contributed by atoms with Gasteiger partial charge in [-0.25, -0.2) is 4.98 Å². The van der Waals surface area contributed by atoms with Crippen molar-refractivity contribution in [2.24, 2.45) is 0 Å². The van der Waals surface area contributed by atoms with E-state index in [4.69, 9.17) is 16.3 Å². The third-order valence-corrected chi connectivity index (χ3v) is 5.14. The molecule has 2 aromatic rings. The molecule has 0 aliphatic carbocycles. The van der Waals surface area contributed by atoms with Crippen LogP contribution in [0.2, 0.25) is 5.02 Å². The Bertz CT molecular complexity index is 798. The monoisotopic (exact) mass is 377 g/mol. The lowest BCUT2D eigenvalue weighted by Crippen LogP contribution is -2.34. The first-order valence-corrected chi connectivity index (χ1v) is 8.83. The van der Waals surface area contributed by atoms with E-state index in [1.54, 1.807) is 31.5 Å². The minimum atomic E-state index is -0.470. The number of pyridine rings is 1. The second kappa shape index (κ2) is 7.76. The Balaban J connectivity index is 1.55. The van der Waals surface area contributed by atoms with Gasteiger partial charge in [0.2, 0.25) is 17.7 Å². The van der Waals surface area contributed by atoms with Crippen LogP contribution < -0.4 is 15.4 Å². The molecule has 2 heterocycles. The van der Waals surface area contributed by atoms with E-state index in [0.29, 0.717) is 23.1 Å². The Morgan fingerprint density at radius 2 is 2.24 bits per heavy atom. The maximum absolute atomic E-state index is 12.2. The van der Waals surface area contributed by atoms with Crippen molar-refractivity contribution in [3.63, 3.8) is 0 Å². The number of thioether (sulfide) groups is 1. The number of nitrogens with one attached hydrogen (secondary N) is 2. The van der Waals surface area contributed by atoms with Crippen LogP contribution in [0, 0.1) is 0 Å². The summed E-state index contributed by atoms with van der Waals surface area (Å²) in [7, 11) is 1.54. The van der Waals surface area contributed by atoms with Crippen LogP contribution >= 0.6 is 23.4 Å². The molecule has 0 spiro atoms. The van der Waals surface area contributed by atoms with Gasteiger partial charge in [-0.05, 0) is 23.8 Å². The Morgan fingerprint density at radius 1 is 1.40 bits per heavy atom. The summed E-state index contributed by atoms with van der Waals surface area (Å²) in [4.78, 5) is 29.3. The Labute approximate surface area is 154 Å². The van der Waals surface area contributed by atoms with Gasteiger partial charge in [0.05, 0.1) is 18.0 Å². The highest BCUT2D eigenvalue weighted by Crippen LogP contribution is 2.38. The fraction of sp³-hybridized carbons (Fsp3) is 0.235. The lowest BCUT2D eigenvalue weighted by Gasteiger charge is -2.23. The highest BCUT2D eigenvalue weighted by Gasteiger charge is 2.29. The van der Waals surface area contributed by atoms with Gasteiger partial charge in [-0.3, -0.25) is 9.59 Å². The van der Waals surface area contributed by atoms with Crippen molar-refractivity contribution in [3.8, 4) is 5.88 Å². The molecule has 8 heteroatoms. The zero-order valence-corrected chi connectivity index (χ0v) is 15.0. The molecular formula is C17H16ClN3O3S. The standard InChI is InChI=1S/C17H16ClN3O3S/c1-24-16-5-2-10(9-20-16)8-19-15(22)7-14-17(23)21-12-6-11(18)3-4-13(12)25-14/h2-6,9,14H,7-8H2,1H3,(H,19,22)(H,21,23). The average molecular weight is 378 g/mol. The number of halogens is 1. The van der Waals surface area contributed by atoms with E-state index < -0.39 is 5.25 Å². The summed E-state index contributed by atoms with van der Waals surface area (Å²) in [5.41, 5.74) is 1.54. The van der Waals surface area contributed by atoms with E-state index in [-0.39, 0.29) is 18.2 Å². The normalized spacial score (nSPS) is 15.9. The van der Waals surface area contributed by atoms with Crippen LogP contribution in [-0.4, -0.2) is 29.2 Å². The summed E-state index contributed by atoms with van der Waals surface area (Å²) in [6, 6.07) is 8.87. The van der Waals surface area contributed by atoms with E-state index in [2.05, 4.69) is 15.6 Å². The molecule has 1 atom stereocenters. The minimum absolute atomic E-state index is 0.0994. The second-order valence-corrected chi connectivity index (χ2v) is 7.11. The van der Waals surface area contributed by atoms with Gasteiger partial charge in [0.15, 0.2) is 0 Å². The van der Waals surface area contributed by atoms with Crippen LogP contribution in [0.25, 0.3) is 0 Å². The number of carbonyl (C=O) groups excluding carboxylic acids is 2. The number of fused-ring (bicyclic) bond motifs is 1. The van der Waals surface area contributed by atoms with Crippen molar-refractivity contribution in [2.45, 2.75) is 23.1 Å². The number of nitrogens with zero attached hydrogens (tertiary/aromatic N) is 1. The number of methoxy groups -OCH3 is 1. The van der Waals surface area contributed by atoms with E-state index in [1.165, 1.54) is 11.8 Å². The lowest BCUT2D eigenvalue weighted by molar-refractivity contribution is -0.124. The predicted octanol–water partition coefficient (Wildman–Crippen LogP) is 2.86. The molecule has 3 rings (SSSR count). The SMILES string of the molecule is COc1ccc(CNC(=O)CC2Sc3ccc(Cl)cc3NC2=O)cn1. The summed E-state index contributed by atoms with van der Waals surface area (Å²) in [5.74, 6) is 0.131. The van der Waals surface area contributed by atoms with E-state index in [1.807, 2.05) is 12.1 Å². The Morgan fingerprint density at radius 3 is 2.96 bits per heavy atom. The van der Waals surface area contributed by atoms with Crippen molar-refractivity contribution in [1.29, 1.82) is 0 Å². The Kier molecular flexibility index (Phi) is 5.45. The number of rotatable bonds is 5. The molecule has 2 N–H and O–H groups in total. The molecule has 0 bridgehead atoms. The zero-order chi connectivity index (χ0) is 17.8. The van der Waals surface area contributed by atoms with Crippen molar-refractivity contribution in [2.75, 3.05) is 12.4 Å². The minimum Gasteiger partial charge on any atom is -0.481 e. The van der Waals surface area contributed by atoms with Crippen molar-refractivity contribution >= 4 is 40.9 Å². The highest BCUT2D eigenvalue weighted by atomic mass is 35.5. The van der Waals surface area contributed by atoms with Crippen LogP contribution in [-0.2, 0) is 16.1 Å². The summed E-state index contributed by atoms with van der Waals surface area (Å²) in [6.07, 6.45) is 1.74. The molecule has 1 aliphatic heterocycles. The first-order chi connectivity index (χ1) is 12.0. The molecule has 1 aromatic heterocycles. The number of ether oxygens (including phenoxy) is 1. The molecule has 0 radical (unpaired) electrons. The van der Waals surface area contributed by atoms with Gasteiger partial charge < -0.3 is 15.4 Å². The van der Waals surface area contributed by atoms with Gasteiger partial charge >= 0.3 is 0 Å². The smallest absolute Gasteiger partial charge is 0.238 e. The third-order valence-electron chi connectivity index (χ3n) is 3.63. The maximum atomic E-state index is 12.2. The quantitative estimate of drug-likeness (QED) is 0.837. The predicted molar refractivity (Wildman–Crippen MR) is 97.0 cm³/mol. The van der Waals surface area contributed by atoms with Crippen LogP contribution in [0.15, 0.2) is 41.4 Å². The van der Waals surface area contributed by atoms with Crippen LogP contribution in [0.1, 0.15) is 12.0 Å². The fourth-order valence-corrected chi connectivity index (χ4v) is 3.60. The molecule has 0 fully saturated rings. The van der Waals surface area contributed by atoms with Gasteiger partial charge in [-0.1, -0.05) is 17.7 Å². The lowest BCUT2D eigenvalue weighted by atomic mass is 10.2. The number of hydrogen-bond donors (Lipinski definition) is 2. The summed E-state index contributed by atoms with van der Waals surface area (Å²) in [5, 5.41) is 5.69. The number of amides is 2. The number of aromatic nitrogens is 1. The van der Waals surface area contributed by atoms with Crippen LogP contribution in [0.4, 0.5) is 5.69 Å². The molecule has 0 saturated heterocycles. The van der Waals surface area contributed by atoms with Crippen molar-refractivity contribution in [1.82, 2.24) is 10.3 Å². The van der Waals surface area contributed by atoms with Gasteiger partial charge in [0, 0.05) is 35.1 Å². The largest absolute Gasteiger partial charge is 0.481 e. The van der Waals surface area contributed by atoms with Crippen LogP contribution in [0.5, 0.6) is 5.88 Å². The molecular weight excluding hydrogens is 362 g/mol. The molecule has 1 aliphatic rings. The molecule has 1 aromatic carbocycles. The zero-order valence-electron chi connectivity index (χ0n) is 13.4. The topological polar surface area (TPSA) is 80.3 Å². The van der Waals surface area contributed by atoms with E-state index >= 15 is 0 Å². The molecule has 1 unspecified atom stereocenters. The molecule has 2 amide bonds. The van der Waals surface area contributed by atoms with Gasteiger partial charge in [-0.2, -0.15) is 0 Å². The maximum Gasteiger partial charge on any atom is 0.238 e. The number of benzene rings is 1. The van der Waals surface area contributed by atoms with Gasteiger partial charge in [-0.15, -0.1) is 11.8 Å². The summed E-state index contributed by atoms with van der Waals surface area (Å²) in [6.45, 7) is 0.348. The molecule has 0 saturated carbocycles. The first-order valence-electron chi connectivity index (χ1n) is 7.58. The second-order valence-electron chi connectivity index (χ2n) is 5.43. The molecule has 6 nitrogen and oxygen atoms in total. The number of anilines is 1. The van der Waals surface area contributed by atoms with Crippen molar-refractivity contribution < 1.29 is 14.3 Å².